The van der Waals surface area contributed by atoms with Crippen molar-refractivity contribution in [3.8, 4) is 0 Å². The highest BCUT2D eigenvalue weighted by molar-refractivity contribution is 8.00. The predicted octanol–water partition coefficient (Wildman–Crippen LogP) is 5.04. The van der Waals surface area contributed by atoms with Gasteiger partial charge in [0.15, 0.2) is 0 Å². The smallest absolute Gasteiger partial charge is 0.232 e. The minimum Gasteiger partial charge on any atom is -0.342 e. The van der Waals surface area contributed by atoms with E-state index in [1.165, 1.54) is 47.9 Å². The minimum atomic E-state index is 0.272. The first-order valence-corrected chi connectivity index (χ1v) is 12.6. The monoisotopic (exact) mass is 415 g/mol. The van der Waals surface area contributed by atoms with E-state index in [0.29, 0.717) is 17.6 Å². The molecule has 150 valence electrons. The number of aryl methyl sites for hydroxylation is 1. The van der Waals surface area contributed by atoms with E-state index in [-0.39, 0.29) is 5.91 Å². The van der Waals surface area contributed by atoms with Crippen LogP contribution in [0.3, 0.4) is 0 Å². The molecule has 6 heteroatoms. The predicted molar refractivity (Wildman–Crippen MR) is 116 cm³/mol. The highest BCUT2D eigenvalue weighted by Crippen LogP contribution is 2.44. The number of hydrogen-bond acceptors (Lipinski definition) is 5. The molecular weight excluding hydrogens is 386 g/mol. The summed E-state index contributed by atoms with van der Waals surface area (Å²) in [5.41, 5.74) is 1.47. The SMILES string of the molecule is C[C@@H]1CCc2c(sc3nc(C4CC4)nc(SCC(=O)N4CCC[C@@H](C)C4)c23)C1. The Labute approximate surface area is 175 Å². The zero-order chi connectivity index (χ0) is 19.3. The summed E-state index contributed by atoms with van der Waals surface area (Å²) >= 11 is 3.53. The Morgan fingerprint density at radius 3 is 2.82 bits per heavy atom. The number of carbonyl (C=O) groups is 1. The lowest BCUT2D eigenvalue weighted by molar-refractivity contribution is -0.130. The quantitative estimate of drug-likeness (QED) is 0.518. The van der Waals surface area contributed by atoms with Gasteiger partial charge >= 0.3 is 0 Å². The van der Waals surface area contributed by atoms with Crippen molar-refractivity contribution in [3.63, 3.8) is 0 Å². The number of nitrogens with zero attached hydrogens (tertiary/aromatic N) is 3. The molecule has 28 heavy (non-hydrogen) atoms. The molecule has 2 atom stereocenters. The Bertz CT molecular complexity index is 905. The van der Waals surface area contributed by atoms with Crippen molar-refractivity contribution in [2.75, 3.05) is 18.8 Å². The normalized spacial score (nSPS) is 25.1. The molecule has 0 spiro atoms. The van der Waals surface area contributed by atoms with Gasteiger partial charge in [0.25, 0.3) is 0 Å². The number of thioether (sulfide) groups is 1. The van der Waals surface area contributed by atoms with Gasteiger partial charge in [-0.05, 0) is 62.3 Å². The van der Waals surface area contributed by atoms with Crippen LogP contribution in [0.2, 0.25) is 0 Å². The summed E-state index contributed by atoms with van der Waals surface area (Å²) in [4.78, 5) is 27.5. The summed E-state index contributed by atoms with van der Waals surface area (Å²) in [5.74, 6) is 3.72. The van der Waals surface area contributed by atoms with Gasteiger partial charge in [-0.1, -0.05) is 25.6 Å². The lowest BCUT2D eigenvalue weighted by Gasteiger charge is -2.30. The van der Waals surface area contributed by atoms with Crippen molar-refractivity contribution in [1.29, 1.82) is 0 Å². The fourth-order valence-corrected chi connectivity index (χ4v) is 7.01. The number of piperidine rings is 1. The van der Waals surface area contributed by atoms with E-state index in [2.05, 4.69) is 18.7 Å². The van der Waals surface area contributed by atoms with E-state index in [4.69, 9.17) is 9.97 Å². The first-order chi connectivity index (χ1) is 13.6. The molecule has 2 aliphatic carbocycles. The summed E-state index contributed by atoms with van der Waals surface area (Å²) < 4.78 is 0. The molecule has 0 N–H and O–H groups in total. The number of aromatic nitrogens is 2. The van der Waals surface area contributed by atoms with Crippen molar-refractivity contribution >= 4 is 39.2 Å². The molecule has 1 aliphatic heterocycles. The average molecular weight is 416 g/mol. The lowest BCUT2D eigenvalue weighted by atomic mass is 9.89. The lowest BCUT2D eigenvalue weighted by Crippen LogP contribution is -2.40. The molecule has 1 saturated carbocycles. The molecule has 0 aromatic carbocycles. The Balaban J connectivity index is 1.43. The van der Waals surface area contributed by atoms with Crippen LogP contribution >= 0.6 is 23.1 Å². The number of hydrogen-bond donors (Lipinski definition) is 0. The number of carbonyl (C=O) groups excluding carboxylic acids is 1. The minimum absolute atomic E-state index is 0.272. The van der Waals surface area contributed by atoms with Gasteiger partial charge in [-0.3, -0.25) is 4.79 Å². The summed E-state index contributed by atoms with van der Waals surface area (Å²) in [6, 6.07) is 0. The third-order valence-corrected chi connectivity index (χ3v) is 8.53. The van der Waals surface area contributed by atoms with Gasteiger partial charge < -0.3 is 4.90 Å². The van der Waals surface area contributed by atoms with E-state index in [9.17, 15) is 4.79 Å². The summed E-state index contributed by atoms with van der Waals surface area (Å²) in [5, 5.41) is 2.33. The maximum Gasteiger partial charge on any atom is 0.232 e. The second-order valence-corrected chi connectivity index (χ2v) is 11.1. The van der Waals surface area contributed by atoms with Gasteiger partial charge in [-0.25, -0.2) is 9.97 Å². The van der Waals surface area contributed by atoms with Gasteiger partial charge in [-0.2, -0.15) is 0 Å². The van der Waals surface area contributed by atoms with Crippen molar-refractivity contribution < 1.29 is 4.79 Å². The zero-order valence-electron chi connectivity index (χ0n) is 16.9. The van der Waals surface area contributed by atoms with Gasteiger partial charge in [-0.15, -0.1) is 11.3 Å². The molecule has 0 radical (unpaired) electrons. The summed E-state index contributed by atoms with van der Waals surface area (Å²) in [6.07, 6.45) is 8.35. The number of amides is 1. The highest BCUT2D eigenvalue weighted by atomic mass is 32.2. The summed E-state index contributed by atoms with van der Waals surface area (Å²) in [7, 11) is 0. The third-order valence-electron chi connectivity index (χ3n) is 6.42. The fourth-order valence-electron chi connectivity index (χ4n) is 4.59. The van der Waals surface area contributed by atoms with E-state index in [1.807, 2.05) is 11.3 Å². The maximum absolute atomic E-state index is 12.8. The summed E-state index contributed by atoms with van der Waals surface area (Å²) in [6.45, 7) is 6.43. The van der Waals surface area contributed by atoms with Crippen molar-refractivity contribution in [1.82, 2.24) is 14.9 Å². The molecule has 3 aliphatic rings. The Kier molecular flexibility index (Phi) is 5.12. The fraction of sp³-hybridized carbons (Fsp3) is 0.682. The molecule has 3 heterocycles. The van der Waals surface area contributed by atoms with E-state index in [0.717, 1.165) is 47.5 Å². The largest absolute Gasteiger partial charge is 0.342 e. The van der Waals surface area contributed by atoms with Crippen LogP contribution in [0, 0.1) is 11.8 Å². The molecule has 0 bridgehead atoms. The van der Waals surface area contributed by atoms with Crippen LogP contribution < -0.4 is 0 Å². The van der Waals surface area contributed by atoms with Crippen molar-refractivity contribution in [3.05, 3.63) is 16.3 Å². The third kappa shape index (κ3) is 3.70. The van der Waals surface area contributed by atoms with Crippen LogP contribution in [0.15, 0.2) is 5.03 Å². The van der Waals surface area contributed by atoms with Crippen LogP contribution in [0.4, 0.5) is 0 Å². The average Bonchev–Trinajstić information content (AvgIpc) is 3.46. The number of likely N-dealkylation sites (tertiary alicyclic amines) is 1. The van der Waals surface area contributed by atoms with Gasteiger partial charge in [0.2, 0.25) is 5.91 Å². The van der Waals surface area contributed by atoms with Crippen LogP contribution in [0.25, 0.3) is 10.2 Å². The first-order valence-electron chi connectivity index (χ1n) is 10.8. The Morgan fingerprint density at radius 1 is 1.18 bits per heavy atom. The van der Waals surface area contributed by atoms with E-state index >= 15 is 0 Å². The molecule has 1 amide bonds. The Morgan fingerprint density at radius 2 is 2.04 bits per heavy atom. The molecule has 0 unspecified atom stereocenters. The second kappa shape index (κ2) is 7.60. The molecule has 5 rings (SSSR count). The van der Waals surface area contributed by atoms with Gasteiger partial charge in [0.1, 0.15) is 15.7 Å². The topological polar surface area (TPSA) is 46.1 Å². The molecular formula is C22H29N3OS2. The second-order valence-electron chi connectivity index (χ2n) is 9.07. The molecule has 2 fully saturated rings. The van der Waals surface area contributed by atoms with E-state index in [1.54, 1.807) is 11.8 Å². The molecule has 4 nitrogen and oxygen atoms in total. The van der Waals surface area contributed by atoms with E-state index < -0.39 is 0 Å². The molecule has 1 saturated heterocycles. The number of thiophene rings is 1. The van der Waals surface area contributed by atoms with Gasteiger partial charge in [0.05, 0.1) is 5.75 Å². The number of fused-ring (bicyclic) bond motifs is 3. The maximum atomic E-state index is 12.8. The standard InChI is InChI=1S/C22H29N3OS2/c1-13-5-8-16-17(10-13)28-22-19(16)21(23-20(24-22)15-6-7-15)27-12-18(26)25-9-3-4-14(2)11-25/h13-15H,3-12H2,1-2H3/t13-,14-/m1/s1. The van der Waals surface area contributed by atoms with Crippen molar-refractivity contribution in [2.45, 2.75) is 69.7 Å². The zero-order valence-corrected chi connectivity index (χ0v) is 18.5. The number of rotatable bonds is 4. The molecule has 2 aromatic rings. The van der Waals surface area contributed by atoms with Crippen LogP contribution in [-0.2, 0) is 17.6 Å². The highest BCUT2D eigenvalue weighted by Gasteiger charge is 2.30. The van der Waals surface area contributed by atoms with Crippen LogP contribution in [0.1, 0.15) is 68.1 Å². The van der Waals surface area contributed by atoms with Crippen LogP contribution in [-0.4, -0.2) is 39.6 Å². The molecule has 2 aromatic heterocycles. The Hall–Kier alpha value is -1.14. The van der Waals surface area contributed by atoms with Gasteiger partial charge in [0, 0.05) is 29.3 Å². The van der Waals surface area contributed by atoms with Crippen molar-refractivity contribution in [2.24, 2.45) is 11.8 Å². The van der Waals surface area contributed by atoms with Crippen LogP contribution in [0.5, 0.6) is 0 Å². The first kappa shape index (κ1) is 18.9.